The van der Waals surface area contributed by atoms with E-state index in [1.54, 1.807) is 18.2 Å². The second-order valence-electron chi connectivity index (χ2n) is 11.0. The molecule has 1 fully saturated rings. The van der Waals surface area contributed by atoms with Crippen molar-refractivity contribution in [2.24, 2.45) is 5.92 Å². The van der Waals surface area contributed by atoms with Crippen LogP contribution in [0.3, 0.4) is 0 Å². The highest BCUT2D eigenvalue weighted by Gasteiger charge is 2.33. The molecule has 5 rings (SSSR count). The summed E-state index contributed by atoms with van der Waals surface area (Å²) < 4.78 is 45.9. The maximum absolute atomic E-state index is 13.3. The molecular weight excluding hydrogens is 591 g/mol. The van der Waals surface area contributed by atoms with Crippen molar-refractivity contribution in [2.45, 2.75) is 31.7 Å². The van der Waals surface area contributed by atoms with Crippen LogP contribution in [0.5, 0.6) is 5.75 Å². The first kappa shape index (κ1) is 32.0. The van der Waals surface area contributed by atoms with Gasteiger partial charge in [0.25, 0.3) is 5.91 Å². The monoisotopic (exact) mass is 623 g/mol. The van der Waals surface area contributed by atoms with Gasteiger partial charge in [-0.1, -0.05) is 60.7 Å². The van der Waals surface area contributed by atoms with E-state index >= 15 is 0 Å². The summed E-state index contributed by atoms with van der Waals surface area (Å²) in [4.78, 5) is 13.3. The van der Waals surface area contributed by atoms with Gasteiger partial charge in [-0.05, 0) is 90.5 Å². The Balaban J connectivity index is 1.38. The molecule has 1 aliphatic carbocycles. The first-order valence-corrected chi connectivity index (χ1v) is 14.7. The van der Waals surface area contributed by atoms with E-state index in [4.69, 9.17) is 10.1 Å². The lowest BCUT2D eigenvalue weighted by molar-refractivity contribution is -0.112. The molecule has 1 saturated carbocycles. The van der Waals surface area contributed by atoms with Gasteiger partial charge in [0.15, 0.2) is 0 Å². The topological polar surface area (TPSA) is 110 Å². The van der Waals surface area contributed by atoms with Crippen LogP contribution in [-0.2, 0) is 11.4 Å². The van der Waals surface area contributed by atoms with Crippen molar-refractivity contribution >= 4 is 23.0 Å². The Bertz CT molecular complexity index is 1760. The average Bonchev–Trinajstić information content (AvgIpc) is 3.89. The number of alkyl halides is 3. The number of hydrogen-bond acceptors (Lipinski definition) is 6. The summed E-state index contributed by atoms with van der Waals surface area (Å²) in [6.07, 6.45) is -2.22. The van der Waals surface area contributed by atoms with Gasteiger partial charge in [0, 0.05) is 11.4 Å². The SMILES string of the molecule is N#Cc1cccc(N/C(=C\C(=N)C(F)(F)F)C(=O)Nc2cccc(C(NCC3CC3)c3cccc(OCc4ccccc4)c3)c2)c1. The van der Waals surface area contributed by atoms with Crippen molar-refractivity contribution in [3.05, 3.63) is 137 Å². The van der Waals surface area contributed by atoms with Crippen molar-refractivity contribution in [3.8, 4) is 11.8 Å². The molecule has 46 heavy (non-hydrogen) atoms. The van der Waals surface area contributed by atoms with Gasteiger partial charge in [0.1, 0.15) is 23.8 Å². The Hall–Kier alpha value is -5.40. The van der Waals surface area contributed by atoms with Crippen LogP contribution in [0, 0.1) is 22.7 Å². The predicted molar refractivity (Wildman–Crippen MR) is 172 cm³/mol. The molecule has 4 aromatic carbocycles. The molecule has 1 atom stereocenters. The lowest BCUT2D eigenvalue weighted by Crippen LogP contribution is -2.26. The molecule has 234 valence electrons. The number of halogens is 3. The molecule has 0 spiro atoms. The Morgan fingerprint density at radius 1 is 0.913 bits per heavy atom. The third-order valence-electron chi connectivity index (χ3n) is 7.33. The van der Waals surface area contributed by atoms with Gasteiger partial charge in [-0.15, -0.1) is 0 Å². The Morgan fingerprint density at radius 2 is 1.59 bits per heavy atom. The summed E-state index contributed by atoms with van der Waals surface area (Å²) in [6, 6.07) is 32.4. The van der Waals surface area contributed by atoms with Crippen LogP contribution in [0.25, 0.3) is 0 Å². The Kier molecular flexibility index (Phi) is 10.1. The maximum Gasteiger partial charge on any atom is 0.432 e. The van der Waals surface area contributed by atoms with E-state index in [1.165, 1.54) is 24.3 Å². The van der Waals surface area contributed by atoms with E-state index < -0.39 is 23.5 Å². The molecule has 0 aliphatic heterocycles. The van der Waals surface area contributed by atoms with E-state index in [0.717, 1.165) is 36.1 Å². The minimum atomic E-state index is -4.96. The summed E-state index contributed by atoms with van der Waals surface area (Å²) in [6.45, 7) is 1.22. The van der Waals surface area contributed by atoms with Gasteiger partial charge in [-0.3, -0.25) is 10.2 Å². The van der Waals surface area contributed by atoms with Crippen molar-refractivity contribution in [3.63, 3.8) is 0 Å². The van der Waals surface area contributed by atoms with E-state index in [-0.39, 0.29) is 17.3 Å². The summed E-state index contributed by atoms with van der Waals surface area (Å²) in [5.41, 5.74) is 1.46. The zero-order valence-corrected chi connectivity index (χ0v) is 24.8. The number of rotatable bonds is 13. The molecule has 0 radical (unpaired) electrons. The largest absolute Gasteiger partial charge is 0.489 e. The van der Waals surface area contributed by atoms with Gasteiger partial charge in [0.05, 0.1) is 17.7 Å². The zero-order valence-electron chi connectivity index (χ0n) is 24.8. The summed E-state index contributed by atoms with van der Waals surface area (Å²) >= 11 is 0. The second kappa shape index (κ2) is 14.6. The molecule has 0 aromatic heterocycles. The van der Waals surface area contributed by atoms with Crippen LogP contribution in [0.1, 0.15) is 41.1 Å². The van der Waals surface area contributed by atoms with E-state index in [2.05, 4.69) is 16.0 Å². The maximum atomic E-state index is 13.3. The van der Waals surface area contributed by atoms with Crippen molar-refractivity contribution in [2.75, 3.05) is 17.2 Å². The molecule has 0 heterocycles. The van der Waals surface area contributed by atoms with Gasteiger partial charge < -0.3 is 20.7 Å². The standard InChI is InChI=1S/C36H32F3N5O2/c37-36(38,39)33(41)20-32(43-29-12-4-9-26(17-29)21-40)35(45)44-30-13-5-10-27(18-30)34(42-22-24-15-16-24)28-11-6-14-31(19-28)46-23-25-7-2-1-3-8-25/h1-14,17-20,24,34,41-43H,15-16,22-23H2,(H,44,45)/b32-20-,41-33?. The van der Waals surface area contributed by atoms with Gasteiger partial charge in [-0.25, -0.2) is 0 Å². The van der Waals surface area contributed by atoms with Crippen LogP contribution in [0.2, 0.25) is 0 Å². The van der Waals surface area contributed by atoms with E-state index in [1.807, 2.05) is 66.7 Å². The van der Waals surface area contributed by atoms with Crippen molar-refractivity contribution in [1.29, 1.82) is 10.7 Å². The molecule has 4 aromatic rings. The molecule has 10 heteroatoms. The fraction of sp³-hybridized carbons (Fsp3) is 0.194. The predicted octanol–water partition coefficient (Wildman–Crippen LogP) is 7.74. The highest BCUT2D eigenvalue weighted by molar-refractivity contribution is 6.11. The molecule has 4 N–H and O–H groups in total. The minimum Gasteiger partial charge on any atom is -0.489 e. The lowest BCUT2D eigenvalue weighted by Gasteiger charge is -2.22. The average molecular weight is 624 g/mol. The number of amides is 1. The highest BCUT2D eigenvalue weighted by atomic mass is 19.4. The van der Waals surface area contributed by atoms with Crippen molar-refractivity contribution in [1.82, 2.24) is 5.32 Å². The number of anilines is 2. The molecule has 7 nitrogen and oxygen atoms in total. The van der Waals surface area contributed by atoms with Gasteiger partial charge >= 0.3 is 6.18 Å². The molecular formula is C36H32F3N5O2. The fourth-order valence-electron chi connectivity index (χ4n) is 4.76. The number of ether oxygens (including phenoxy) is 1. The fourth-order valence-corrected chi connectivity index (χ4v) is 4.76. The number of carbonyl (C=O) groups excluding carboxylic acids is 1. The van der Waals surface area contributed by atoms with Gasteiger partial charge in [0.2, 0.25) is 0 Å². The van der Waals surface area contributed by atoms with Crippen LogP contribution >= 0.6 is 0 Å². The van der Waals surface area contributed by atoms with Crippen LogP contribution in [-0.4, -0.2) is 24.3 Å². The highest BCUT2D eigenvalue weighted by Crippen LogP contribution is 2.32. The second-order valence-corrected chi connectivity index (χ2v) is 11.0. The number of nitriles is 1. The first-order chi connectivity index (χ1) is 22.2. The van der Waals surface area contributed by atoms with E-state index in [9.17, 15) is 23.2 Å². The number of carbonyl (C=O) groups is 1. The first-order valence-electron chi connectivity index (χ1n) is 14.7. The van der Waals surface area contributed by atoms with Crippen molar-refractivity contribution < 1.29 is 22.7 Å². The number of allylic oxidation sites excluding steroid dienone is 1. The summed E-state index contributed by atoms with van der Waals surface area (Å²) in [5, 5.41) is 25.6. The van der Waals surface area contributed by atoms with Crippen LogP contribution in [0.15, 0.2) is 115 Å². The minimum absolute atomic E-state index is 0.225. The summed E-state index contributed by atoms with van der Waals surface area (Å²) in [5.74, 6) is 0.412. The number of nitrogens with zero attached hydrogens (tertiary/aromatic N) is 1. The molecule has 0 bridgehead atoms. The molecule has 0 saturated heterocycles. The van der Waals surface area contributed by atoms with Gasteiger partial charge in [-0.2, -0.15) is 18.4 Å². The molecule has 1 unspecified atom stereocenters. The summed E-state index contributed by atoms with van der Waals surface area (Å²) in [7, 11) is 0. The molecule has 1 aliphatic rings. The number of hydrogen-bond donors (Lipinski definition) is 4. The van der Waals surface area contributed by atoms with Crippen LogP contribution in [0.4, 0.5) is 24.5 Å². The normalized spacial score (nSPS) is 13.7. The van der Waals surface area contributed by atoms with E-state index in [0.29, 0.717) is 30.0 Å². The third kappa shape index (κ3) is 9.06. The lowest BCUT2D eigenvalue weighted by atomic mass is 9.97. The number of nitrogens with one attached hydrogen (secondary N) is 4. The quantitative estimate of drug-likeness (QED) is 0.0900. The Labute approximate surface area is 265 Å². The van der Waals surface area contributed by atoms with Crippen LogP contribution < -0.4 is 20.7 Å². The Morgan fingerprint density at radius 3 is 2.28 bits per heavy atom. The third-order valence-corrected chi connectivity index (χ3v) is 7.33. The smallest absolute Gasteiger partial charge is 0.432 e. The molecule has 1 amide bonds. The zero-order chi connectivity index (χ0) is 32.5. The number of benzene rings is 4.